The van der Waals surface area contributed by atoms with Crippen molar-refractivity contribution in [2.45, 2.75) is 0 Å². The number of pyridine rings is 1. The Balaban J connectivity index is 2.81. The van der Waals surface area contributed by atoms with Crippen LogP contribution in [0.2, 0.25) is 0 Å². The molecule has 104 valence electrons. The van der Waals surface area contributed by atoms with E-state index < -0.39 is 11.9 Å². The Hall–Kier alpha value is -1.90. The molecule has 0 unspecified atom stereocenters. The molecule has 0 saturated heterocycles. The molecule has 1 aromatic heterocycles. The van der Waals surface area contributed by atoms with Gasteiger partial charge in [0.25, 0.3) is 0 Å². The van der Waals surface area contributed by atoms with Gasteiger partial charge in [0, 0.05) is 14.6 Å². The zero-order valence-corrected chi connectivity index (χ0v) is 12.9. The van der Waals surface area contributed by atoms with E-state index in [4.69, 9.17) is 10.5 Å². The van der Waals surface area contributed by atoms with Crippen molar-refractivity contribution in [1.29, 1.82) is 0 Å². The third-order valence-electron chi connectivity index (χ3n) is 2.73. The molecule has 2 N–H and O–H groups in total. The maximum absolute atomic E-state index is 11.9. The smallest absolute Gasteiger partial charge is 0.356 e. The lowest BCUT2D eigenvalue weighted by Crippen LogP contribution is -2.10. The lowest BCUT2D eigenvalue weighted by Gasteiger charge is -2.09. The number of methoxy groups -OCH3 is 2. The lowest BCUT2D eigenvalue weighted by atomic mass is 10.1. The maximum Gasteiger partial charge on any atom is 0.356 e. The summed E-state index contributed by atoms with van der Waals surface area (Å²) in [6, 6.07) is 4.69. The minimum absolute atomic E-state index is 0.0287. The molecule has 0 radical (unpaired) electrons. The van der Waals surface area contributed by atoms with E-state index in [0.29, 0.717) is 16.6 Å². The highest BCUT2D eigenvalue weighted by Crippen LogP contribution is 2.26. The number of aromatic nitrogens is 1. The predicted octanol–water partition coefficient (Wildman–Crippen LogP) is 1.99. The van der Waals surface area contributed by atoms with Crippen LogP contribution in [-0.2, 0) is 9.47 Å². The van der Waals surface area contributed by atoms with Crippen LogP contribution >= 0.6 is 22.6 Å². The normalized spacial score (nSPS) is 10.3. The zero-order chi connectivity index (χ0) is 14.9. The molecule has 20 heavy (non-hydrogen) atoms. The van der Waals surface area contributed by atoms with Crippen LogP contribution in [0.5, 0.6) is 0 Å². The average Bonchev–Trinajstić information content (AvgIpc) is 2.45. The summed E-state index contributed by atoms with van der Waals surface area (Å²) in [5, 5.41) is 0.572. The second-order valence-electron chi connectivity index (χ2n) is 3.93. The van der Waals surface area contributed by atoms with Crippen LogP contribution in [-0.4, -0.2) is 31.1 Å². The maximum atomic E-state index is 11.9. The van der Waals surface area contributed by atoms with Crippen molar-refractivity contribution in [3.63, 3.8) is 0 Å². The van der Waals surface area contributed by atoms with Crippen LogP contribution < -0.4 is 5.73 Å². The molecule has 0 bridgehead atoms. The molecule has 2 rings (SSSR count). The van der Waals surface area contributed by atoms with E-state index in [-0.39, 0.29) is 11.3 Å². The number of hydrogen-bond donors (Lipinski definition) is 1. The molecule has 0 spiro atoms. The second-order valence-corrected chi connectivity index (χ2v) is 5.09. The van der Waals surface area contributed by atoms with Crippen LogP contribution in [0, 0.1) is 3.57 Å². The van der Waals surface area contributed by atoms with Gasteiger partial charge >= 0.3 is 11.9 Å². The van der Waals surface area contributed by atoms with E-state index in [1.165, 1.54) is 20.3 Å². The predicted molar refractivity (Wildman–Crippen MR) is 81.6 cm³/mol. The summed E-state index contributed by atoms with van der Waals surface area (Å²) in [6.45, 7) is 0. The van der Waals surface area contributed by atoms with Gasteiger partial charge in [-0.3, -0.25) is 0 Å². The Morgan fingerprint density at radius 3 is 2.40 bits per heavy atom. The zero-order valence-electron chi connectivity index (χ0n) is 10.8. The highest BCUT2D eigenvalue weighted by Gasteiger charge is 2.18. The fourth-order valence-corrected chi connectivity index (χ4v) is 2.22. The number of benzene rings is 1. The Morgan fingerprint density at radius 2 is 1.80 bits per heavy atom. The number of fused-ring (bicyclic) bond motifs is 1. The number of carbonyl (C=O) groups excluding carboxylic acids is 2. The minimum atomic E-state index is -0.630. The Labute approximate surface area is 128 Å². The van der Waals surface area contributed by atoms with E-state index >= 15 is 0 Å². The first-order valence-corrected chi connectivity index (χ1v) is 6.62. The Kier molecular flexibility index (Phi) is 4.07. The molecule has 2 aromatic rings. The SMILES string of the molecule is COC(=O)c1cc(C(=O)OC)c2cc(I)c(N)cc2n1. The van der Waals surface area contributed by atoms with Gasteiger partial charge in [0.15, 0.2) is 0 Å². The number of rotatable bonds is 2. The number of nitrogens with zero attached hydrogens (tertiary/aromatic N) is 1. The van der Waals surface area contributed by atoms with Gasteiger partial charge in [-0.2, -0.15) is 0 Å². The molecule has 0 fully saturated rings. The summed E-state index contributed by atoms with van der Waals surface area (Å²) in [6.07, 6.45) is 0. The number of halogens is 1. The molecule has 1 heterocycles. The highest BCUT2D eigenvalue weighted by atomic mass is 127. The molecule has 1 aromatic carbocycles. The van der Waals surface area contributed by atoms with Crippen LogP contribution in [0.3, 0.4) is 0 Å². The highest BCUT2D eigenvalue weighted by molar-refractivity contribution is 14.1. The molecule has 0 amide bonds. The third-order valence-corrected chi connectivity index (χ3v) is 3.66. The van der Waals surface area contributed by atoms with E-state index in [9.17, 15) is 9.59 Å². The van der Waals surface area contributed by atoms with Crippen LogP contribution in [0.15, 0.2) is 18.2 Å². The van der Waals surface area contributed by atoms with Gasteiger partial charge < -0.3 is 15.2 Å². The molecule has 0 aliphatic carbocycles. The number of nitrogen functional groups attached to an aromatic ring is 1. The molecular formula is C13H11IN2O4. The summed E-state index contributed by atoms with van der Waals surface area (Å²) in [5.41, 5.74) is 7.05. The molecule has 0 saturated carbocycles. The van der Waals surface area contributed by atoms with Crippen molar-refractivity contribution < 1.29 is 19.1 Å². The van der Waals surface area contributed by atoms with Crippen molar-refractivity contribution in [2.75, 3.05) is 20.0 Å². The first-order valence-electron chi connectivity index (χ1n) is 5.54. The standard InChI is InChI=1S/C13H11IN2O4/c1-19-12(17)7-4-11(13(18)20-2)16-10-5-9(15)8(14)3-6(7)10/h3-5H,15H2,1-2H3. The largest absolute Gasteiger partial charge is 0.465 e. The molecule has 0 atom stereocenters. The molecule has 7 heteroatoms. The van der Waals surface area contributed by atoms with Crippen LogP contribution in [0.1, 0.15) is 20.8 Å². The van der Waals surface area contributed by atoms with Gasteiger partial charge in [-0.05, 0) is 40.8 Å². The molecule has 0 aliphatic heterocycles. The summed E-state index contributed by atoms with van der Waals surface area (Å²) < 4.78 is 10.1. The Morgan fingerprint density at radius 1 is 1.15 bits per heavy atom. The number of hydrogen-bond acceptors (Lipinski definition) is 6. The van der Waals surface area contributed by atoms with Crippen LogP contribution in [0.4, 0.5) is 5.69 Å². The van der Waals surface area contributed by atoms with Gasteiger partial charge in [0.2, 0.25) is 0 Å². The van der Waals surface area contributed by atoms with E-state index in [1.54, 1.807) is 12.1 Å². The minimum Gasteiger partial charge on any atom is -0.465 e. The van der Waals surface area contributed by atoms with Gasteiger partial charge in [-0.1, -0.05) is 0 Å². The van der Waals surface area contributed by atoms with E-state index in [2.05, 4.69) is 32.3 Å². The van der Waals surface area contributed by atoms with Gasteiger partial charge in [0.05, 0.1) is 25.3 Å². The first-order chi connectivity index (χ1) is 9.47. The van der Waals surface area contributed by atoms with Crippen molar-refractivity contribution in [3.8, 4) is 0 Å². The fraction of sp³-hybridized carbons (Fsp3) is 0.154. The number of ether oxygens (including phenoxy) is 2. The molecule has 0 aliphatic rings. The first kappa shape index (κ1) is 14.5. The van der Waals surface area contributed by atoms with Crippen LogP contribution in [0.25, 0.3) is 10.9 Å². The van der Waals surface area contributed by atoms with Crippen molar-refractivity contribution in [3.05, 3.63) is 33.0 Å². The summed E-state index contributed by atoms with van der Waals surface area (Å²) in [5.74, 6) is -1.18. The van der Waals surface area contributed by atoms with Crippen molar-refractivity contribution in [1.82, 2.24) is 4.98 Å². The Bertz CT molecular complexity index is 715. The second kappa shape index (κ2) is 5.61. The van der Waals surface area contributed by atoms with Gasteiger partial charge in [0.1, 0.15) is 5.69 Å². The number of carbonyl (C=O) groups is 2. The summed E-state index contributed by atoms with van der Waals surface area (Å²) in [4.78, 5) is 27.6. The number of anilines is 1. The topological polar surface area (TPSA) is 91.5 Å². The van der Waals surface area contributed by atoms with Crippen molar-refractivity contribution in [2.24, 2.45) is 0 Å². The quantitative estimate of drug-likeness (QED) is 0.482. The van der Waals surface area contributed by atoms with Crippen molar-refractivity contribution >= 4 is 51.1 Å². The third kappa shape index (κ3) is 2.53. The summed E-state index contributed by atoms with van der Waals surface area (Å²) in [7, 11) is 2.52. The fourth-order valence-electron chi connectivity index (χ4n) is 1.75. The van der Waals surface area contributed by atoms with E-state index in [0.717, 1.165) is 3.57 Å². The molecule has 6 nitrogen and oxygen atoms in total. The van der Waals surface area contributed by atoms with Gasteiger partial charge in [-0.25, -0.2) is 14.6 Å². The molecular weight excluding hydrogens is 375 g/mol. The average molecular weight is 386 g/mol. The summed E-state index contributed by atoms with van der Waals surface area (Å²) >= 11 is 2.06. The lowest BCUT2D eigenvalue weighted by molar-refractivity contribution is 0.0594. The van der Waals surface area contributed by atoms with Gasteiger partial charge in [-0.15, -0.1) is 0 Å². The number of nitrogens with two attached hydrogens (primary N) is 1. The number of esters is 2. The van der Waals surface area contributed by atoms with E-state index in [1.807, 2.05) is 0 Å². The monoisotopic (exact) mass is 386 g/mol.